The number of nitrogens with zero attached hydrogens (tertiary/aromatic N) is 2. The number of benzene rings is 1. The van der Waals surface area contributed by atoms with Crippen LogP contribution in [0.15, 0.2) is 22.7 Å². The zero-order valence-corrected chi connectivity index (χ0v) is 10.7. The first-order valence-electron chi connectivity index (χ1n) is 5.71. The minimum absolute atomic E-state index is 0.116. The number of rotatable bonds is 3. The van der Waals surface area contributed by atoms with Crippen molar-refractivity contribution in [3.63, 3.8) is 0 Å². The highest BCUT2D eigenvalue weighted by Crippen LogP contribution is 2.18. The molecule has 0 saturated carbocycles. The Morgan fingerprint density at radius 3 is 2.78 bits per heavy atom. The molecule has 1 N–H and O–H groups in total. The van der Waals surface area contributed by atoms with Gasteiger partial charge in [0.15, 0.2) is 5.82 Å². The van der Waals surface area contributed by atoms with Crippen molar-refractivity contribution in [1.29, 1.82) is 0 Å². The third-order valence-corrected chi connectivity index (χ3v) is 2.77. The monoisotopic (exact) mass is 245 g/mol. The third kappa shape index (κ3) is 2.74. The fraction of sp³-hybridized carbons (Fsp3) is 0.308. The van der Waals surface area contributed by atoms with E-state index in [2.05, 4.69) is 15.5 Å². The number of hydrogen-bond donors (Lipinski definition) is 1. The number of nitrogens with one attached hydrogen (secondary N) is 1. The quantitative estimate of drug-likeness (QED) is 0.899. The lowest BCUT2D eigenvalue weighted by molar-refractivity contribution is -0.115. The van der Waals surface area contributed by atoms with Gasteiger partial charge in [0, 0.05) is 12.6 Å². The zero-order chi connectivity index (χ0) is 13.1. The second-order valence-corrected chi connectivity index (χ2v) is 4.20. The van der Waals surface area contributed by atoms with Gasteiger partial charge in [0.05, 0.1) is 6.42 Å². The third-order valence-electron chi connectivity index (χ3n) is 2.77. The number of amides is 1. The summed E-state index contributed by atoms with van der Waals surface area (Å²) in [6, 6.07) is 5.80. The average molecular weight is 245 g/mol. The Hall–Kier alpha value is -2.17. The molecular formula is C13H15N3O2. The first-order chi connectivity index (χ1) is 8.56. The lowest BCUT2D eigenvalue weighted by atomic mass is 10.1. The molecule has 0 atom stereocenters. The standard InChI is InChI=1S/C13H15N3O2/c1-8-5-4-6-11(9(8)2)15-13(17)7-12-14-10(3)18-16-12/h4-6H,7H2,1-3H3,(H,15,17). The Morgan fingerprint density at radius 2 is 2.11 bits per heavy atom. The molecule has 0 saturated heterocycles. The predicted molar refractivity (Wildman–Crippen MR) is 67.3 cm³/mol. The summed E-state index contributed by atoms with van der Waals surface area (Å²) in [4.78, 5) is 15.8. The highest BCUT2D eigenvalue weighted by molar-refractivity contribution is 5.92. The summed E-state index contributed by atoms with van der Waals surface area (Å²) in [5.41, 5.74) is 3.03. The van der Waals surface area contributed by atoms with Crippen LogP contribution in [0.3, 0.4) is 0 Å². The van der Waals surface area contributed by atoms with Crippen LogP contribution in [-0.4, -0.2) is 16.0 Å². The second-order valence-electron chi connectivity index (χ2n) is 4.20. The van der Waals surface area contributed by atoms with Gasteiger partial charge in [-0.2, -0.15) is 4.98 Å². The van der Waals surface area contributed by atoms with Gasteiger partial charge >= 0.3 is 0 Å². The smallest absolute Gasteiger partial charge is 0.232 e. The highest BCUT2D eigenvalue weighted by Gasteiger charge is 2.10. The van der Waals surface area contributed by atoms with Crippen LogP contribution in [0.5, 0.6) is 0 Å². The van der Waals surface area contributed by atoms with Crippen LogP contribution in [-0.2, 0) is 11.2 Å². The fourth-order valence-corrected chi connectivity index (χ4v) is 1.64. The van der Waals surface area contributed by atoms with E-state index >= 15 is 0 Å². The molecule has 0 aliphatic carbocycles. The SMILES string of the molecule is Cc1nc(CC(=O)Nc2cccc(C)c2C)no1. The number of carbonyl (C=O) groups excluding carboxylic acids is 1. The van der Waals surface area contributed by atoms with Crippen LogP contribution in [0.1, 0.15) is 22.8 Å². The Labute approximate surface area is 105 Å². The Morgan fingerprint density at radius 1 is 1.33 bits per heavy atom. The minimum Gasteiger partial charge on any atom is -0.340 e. The molecule has 1 amide bonds. The average Bonchev–Trinajstić information content (AvgIpc) is 2.70. The van der Waals surface area contributed by atoms with E-state index < -0.39 is 0 Å². The largest absolute Gasteiger partial charge is 0.340 e. The van der Waals surface area contributed by atoms with Gasteiger partial charge in [-0.1, -0.05) is 17.3 Å². The summed E-state index contributed by atoms with van der Waals surface area (Å²) >= 11 is 0. The number of aromatic nitrogens is 2. The van der Waals surface area contributed by atoms with Crippen LogP contribution in [0.4, 0.5) is 5.69 Å². The summed E-state index contributed by atoms with van der Waals surface area (Å²) in [6.45, 7) is 5.68. The zero-order valence-electron chi connectivity index (χ0n) is 10.7. The van der Waals surface area contributed by atoms with Crippen LogP contribution in [0.2, 0.25) is 0 Å². The van der Waals surface area contributed by atoms with Crippen molar-refractivity contribution in [3.05, 3.63) is 41.0 Å². The van der Waals surface area contributed by atoms with Crippen molar-refractivity contribution >= 4 is 11.6 Å². The highest BCUT2D eigenvalue weighted by atomic mass is 16.5. The molecule has 94 valence electrons. The number of hydrogen-bond acceptors (Lipinski definition) is 4. The second kappa shape index (κ2) is 5.00. The van der Waals surface area contributed by atoms with Crippen LogP contribution >= 0.6 is 0 Å². The van der Waals surface area contributed by atoms with E-state index in [0.717, 1.165) is 16.8 Å². The van der Waals surface area contributed by atoms with Crippen molar-refractivity contribution < 1.29 is 9.32 Å². The maximum Gasteiger partial charge on any atom is 0.232 e. The predicted octanol–water partition coefficient (Wildman–Crippen LogP) is 2.18. The lowest BCUT2D eigenvalue weighted by Crippen LogP contribution is -2.16. The molecule has 0 aliphatic heterocycles. The van der Waals surface area contributed by atoms with E-state index in [-0.39, 0.29) is 12.3 Å². The molecule has 5 heteroatoms. The normalized spacial score (nSPS) is 10.4. The molecule has 0 fully saturated rings. The van der Waals surface area contributed by atoms with E-state index in [0.29, 0.717) is 11.7 Å². The summed E-state index contributed by atoms with van der Waals surface area (Å²) in [7, 11) is 0. The molecule has 1 aromatic heterocycles. The van der Waals surface area contributed by atoms with Gasteiger partial charge in [0.25, 0.3) is 0 Å². The van der Waals surface area contributed by atoms with E-state index in [9.17, 15) is 4.79 Å². The molecule has 0 unspecified atom stereocenters. The summed E-state index contributed by atoms with van der Waals surface area (Å²) in [5.74, 6) is 0.712. The van der Waals surface area contributed by atoms with Gasteiger partial charge in [0.1, 0.15) is 0 Å². The molecule has 1 aromatic carbocycles. The Balaban J connectivity index is 2.05. The molecule has 0 aliphatic rings. The minimum atomic E-state index is -0.149. The molecule has 18 heavy (non-hydrogen) atoms. The topological polar surface area (TPSA) is 68.0 Å². The van der Waals surface area contributed by atoms with Crippen molar-refractivity contribution in [1.82, 2.24) is 10.1 Å². The molecule has 0 bridgehead atoms. The van der Waals surface area contributed by atoms with Crippen molar-refractivity contribution in [2.24, 2.45) is 0 Å². The molecule has 2 aromatic rings. The summed E-state index contributed by atoms with van der Waals surface area (Å²) in [6.07, 6.45) is 0.116. The molecule has 0 spiro atoms. The van der Waals surface area contributed by atoms with Gasteiger partial charge < -0.3 is 9.84 Å². The first kappa shape index (κ1) is 12.3. The van der Waals surface area contributed by atoms with Gasteiger partial charge in [0.2, 0.25) is 11.8 Å². The van der Waals surface area contributed by atoms with E-state index in [1.807, 2.05) is 32.0 Å². The molecular weight excluding hydrogens is 230 g/mol. The summed E-state index contributed by atoms with van der Waals surface area (Å²) < 4.78 is 4.82. The van der Waals surface area contributed by atoms with Gasteiger partial charge in [-0.05, 0) is 31.0 Å². The van der Waals surface area contributed by atoms with E-state index in [4.69, 9.17) is 4.52 Å². The Bertz CT molecular complexity index is 575. The summed E-state index contributed by atoms with van der Waals surface area (Å²) in [5, 5.41) is 6.54. The lowest BCUT2D eigenvalue weighted by Gasteiger charge is -2.09. The van der Waals surface area contributed by atoms with Gasteiger partial charge in [-0.3, -0.25) is 4.79 Å². The fourth-order valence-electron chi connectivity index (χ4n) is 1.64. The first-order valence-corrected chi connectivity index (χ1v) is 5.71. The van der Waals surface area contributed by atoms with Crippen molar-refractivity contribution in [2.45, 2.75) is 27.2 Å². The number of aryl methyl sites for hydroxylation is 2. The molecule has 0 radical (unpaired) electrons. The van der Waals surface area contributed by atoms with Crippen molar-refractivity contribution in [3.8, 4) is 0 Å². The number of carbonyl (C=O) groups is 1. The maximum atomic E-state index is 11.8. The molecule has 5 nitrogen and oxygen atoms in total. The molecule has 1 heterocycles. The maximum absolute atomic E-state index is 11.8. The van der Waals surface area contributed by atoms with Crippen LogP contribution in [0.25, 0.3) is 0 Å². The van der Waals surface area contributed by atoms with Gasteiger partial charge in [-0.25, -0.2) is 0 Å². The van der Waals surface area contributed by atoms with E-state index in [1.54, 1.807) is 6.92 Å². The van der Waals surface area contributed by atoms with E-state index in [1.165, 1.54) is 0 Å². The van der Waals surface area contributed by atoms with Crippen molar-refractivity contribution in [2.75, 3.05) is 5.32 Å². The molecule has 2 rings (SSSR count). The Kier molecular flexibility index (Phi) is 3.41. The van der Waals surface area contributed by atoms with Crippen LogP contribution in [0, 0.1) is 20.8 Å². The van der Waals surface area contributed by atoms with Crippen LogP contribution < -0.4 is 5.32 Å². The van der Waals surface area contributed by atoms with Gasteiger partial charge in [-0.15, -0.1) is 0 Å². The number of anilines is 1.